The van der Waals surface area contributed by atoms with Crippen molar-refractivity contribution >= 4 is 23.8 Å². The van der Waals surface area contributed by atoms with E-state index in [1.165, 1.54) is 24.2 Å². The summed E-state index contributed by atoms with van der Waals surface area (Å²) in [6.45, 7) is 4.32. The van der Waals surface area contributed by atoms with Gasteiger partial charge in [-0.2, -0.15) is 0 Å². The molecule has 39 heavy (non-hydrogen) atoms. The Morgan fingerprint density at radius 3 is 2.56 bits per heavy atom. The first-order valence-corrected chi connectivity index (χ1v) is 14.0. The van der Waals surface area contributed by atoms with Gasteiger partial charge in [-0.15, -0.1) is 0 Å². The third-order valence-corrected chi connectivity index (χ3v) is 9.64. The number of carbonyl (C=O) groups excluding carboxylic acids is 1. The molecule has 0 atom stereocenters. The number of hydrogen-bond donors (Lipinski definition) is 3. The smallest absolute Gasteiger partial charge is 0.258 e. The average molecular weight is 534 g/mol. The number of likely N-dealkylation sites (N-methyl/N-ethyl adjacent to an activating group) is 1. The summed E-state index contributed by atoms with van der Waals surface area (Å²) in [5, 5.41) is 20.1. The number of anilines is 1. The number of nitrogens with one attached hydrogen (secondary N) is 3. The summed E-state index contributed by atoms with van der Waals surface area (Å²) in [6, 6.07) is 11.9. The maximum atomic E-state index is 13.8. The van der Waals surface area contributed by atoms with Gasteiger partial charge in [0, 0.05) is 37.7 Å². The standard InChI is InChI=1S/C31H37F2N5O/c1-20-9-22(13-36-12-21-5-3-6-21)10-25-26(20)14-38(27(25)39)24-8-4-7-23(11-24)30(28(35)37(2)19-34)15-29(16-30)17-31(32,33)18-29/h4,7-11,19,21,34-36H,3,5-6,12-18H2,1-2H3. The number of aryl methyl sites for hydroxylation is 1. The number of amidine groups is 1. The number of fused-ring (bicyclic) bond motifs is 1. The molecule has 2 aromatic rings. The zero-order valence-electron chi connectivity index (χ0n) is 22.7. The summed E-state index contributed by atoms with van der Waals surface area (Å²) < 4.78 is 27.6. The van der Waals surface area contributed by atoms with Crippen LogP contribution in [0.15, 0.2) is 36.4 Å². The molecule has 0 radical (unpaired) electrons. The van der Waals surface area contributed by atoms with E-state index in [1.807, 2.05) is 30.3 Å². The number of rotatable bonds is 8. The summed E-state index contributed by atoms with van der Waals surface area (Å²) in [7, 11) is 1.66. The predicted octanol–water partition coefficient (Wildman–Crippen LogP) is 6.01. The first-order chi connectivity index (χ1) is 18.5. The van der Waals surface area contributed by atoms with E-state index in [9.17, 15) is 13.6 Å². The van der Waals surface area contributed by atoms with Crippen molar-refractivity contribution in [3.8, 4) is 0 Å². The van der Waals surface area contributed by atoms with E-state index < -0.39 is 16.8 Å². The third kappa shape index (κ3) is 4.37. The minimum atomic E-state index is -2.62. The lowest BCUT2D eigenvalue weighted by molar-refractivity contribution is -0.205. The van der Waals surface area contributed by atoms with Gasteiger partial charge >= 0.3 is 0 Å². The van der Waals surface area contributed by atoms with Crippen LogP contribution < -0.4 is 10.2 Å². The van der Waals surface area contributed by atoms with E-state index >= 15 is 0 Å². The molecule has 4 aliphatic rings. The Labute approximate surface area is 228 Å². The Kier molecular flexibility index (Phi) is 6.17. The topological polar surface area (TPSA) is 83.3 Å². The molecule has 0 unspecified atom stereocenters. The normalized spacial score (nSPS) is 22.1. The summed E-state index contributed by atoms with van der Waals surface area (Å²) in [5.41, 5.74) is 4.41. The molecule has 3 N–H and O–H groups in total. The molecule has 1 aliphatic heterocycles. The van der Waals surface area contributed by atoms with E-state index in [0.29, 0.717) is 19.4 Å². The molecule has 1 spiro atoms. The fourth-order valence-corrected chi connectivity index (χ4v) is 7.50. The van der Waals surface area contributed by atoms with Crippen molar-refractivity contribution in [3.05, 3.63) is 64.2 Å². The van der Waals surface area contributed by atoms with Gasteiger partial charge in [0.25, 0.3) is 5.91 Å². The lowest BCUT2D eigenvalue weighted by Gasteiger charge is -2.63. The van der Waals surface area contributed by atoms with Crippen LogP contribution in [0.5, 0.6) is 0 Å². The van der Waals surface area contributed by atoms with Gasteiger partial charge in [0.1, 0.15) is 5.84 Å². The van der Waals surface area contributed by atoms with Crippen molar-refractivity contribution in [2.75, 3.05) is 18.5 Å². The lowest BCUT2D eigenvalue weighted by atomic mass is 9.42. The quantitative estimate of drug-likeness (QED) is 0.287. The summed E-state index contributed by atoms with van der Waals surface area (Å²) in [4.78, 5) is 16.9. The van der Waals surface area contributed by atoms with Crippen LogP contribution in [0.2, 0.25) is 0 Å². The largest absolute Gasteiger partial charge is 0.324 e. The van der Waals surface area contributed by atoms with Gasteiger partial charge in [-0.05, 0) is 90.9 Å². The van der Waals surface area contributed by atoms with Gasteiger partial charge in [-0.25, -0.2) is 8.78 Å². The molecule has 1 heterocycles. The van der Waals surface area contributed by atoms with Crippen molar-refractivity contribution < 1.29 is 13.6 Å². The number of nitrogens with zero attached hydrogens (tertiary/aromatic N) is 2. The number of hydrogen-bond acceptors (Lipinski definition) is 4. The van der Waals surface area contributed by atoms with Gasteiger partial charge in [0.2, 0.25) is 5.92 Å². The molecular weight excluding hydrogens is 496 g/mol. The van der Waals surface area contributed by atoms with Crippen molar-refractivity contribution in [1.29, 1.82) is 10.8 Å². The molecule has 6 nitrogen and oxygen atoms in total. The maximum Gasteiger partial charge on any atom is 0.258 e. The molecule has 0 aromatic heterocycles. The zero-order chi connectivity index (χ0) is 27.6. The molecule has 3 aliphatic carbocycles. The van der Waals surface area contributed by atoms with E-state index in [0.717, 1.165) is 58.9 Å². The molecular formula is C31H37F2N5O. The van der Waals surface area contributed by atoms with Crippen LogP contribution in [0, 0.1) is 29.1 Å². The van der Waals surface area contributed by atoms with Crippen LogP contribution in [0.1, 0.15) is 77.6 Å². The highest BCUT2D eigenvalue weighted by molar-refractivity contribution is 6.10. The molecule has 0 bridgehead atoms. The molecule has 6 rings (SSSR count). The second kappa shape index (κ2) is 9.22. The second-order valence-corrected chi connectivity index (χ2v) is 12.5. The Morgan fingerprint density at radius 2 is 1.92 bits per heavy atom. The first-order valence-electron chi connectivity index (χ1n) is 14.0. The van der Waals surface area contributed by atoms with Gasteiger partial charge in [-0.1, -0.05) is 24.6 Å². The summed E-state index contributed by atoms with van der Waals surface area (Å²) in [6.07, 6.45) is 5.66. The predicted molar refractivity (Wildman–Crippen MR) is 149 cm³/mol. The highest BCUT2D eigenvalue weighted by atomic mass is 19.3. The molecule has 3 saturated carbocycles. The van der Waals surface area contributed by atoms with E-state index in [4.69, 9.17) is 10.8 Å². The van der Waals surface area contributed by atoms with Crippen molar-refractivity contribution in [1.82, 2.24) is 10.2 Å². The van der Waals surface area contributed by atoms with Gasteiger partial charge in [-0.3, -0.25) is 15.6 Å². The number of carbonyl (C=O) groups is 1. The Balaban J connectivity index is 1.24. The fraction of sp³-hybridized carbons (Fsp3) is 0.516. The number of alkyl halides is 2. The van der Waals surface area contributed by atoms with Crippen LogP contribution in [0.25, 0.3) is 0 Å². The highest BCUT2D eigenvalue weighted by Crippen LogP contribution is 2.69. The zero-order valence-corrected chi connectivity index (χ0v) is 22.7. The molecule has 0 saturated heterocycles. The van der Waals surface area contributed by atoms with E-state index in [2.05, 4.69) is 18.3 Å². The maximum absolute atomic E-state index is 13.8. The number of amides is 1. The van der Waals surface area contributed by atoms with Crippen molar-refractivity contribution in [2.24, 2.45) is 11.3 Å². The highest BCUT2D eigenvalue weighted by Gasteiger charge is 2.68. The average Bonchev–Trinajstić information content (AvgIpc) is 3.18. The molecule has 2 aromatic carbocycles. The molecule has 1 amide bonds. The van der Waals surface area contributed by atoms with E-state index in [-0.39, 0.29) is 24.6 Å². The van der Waals surface area contributed by atoms with Crippen molar-refractivity contribution in [3.63, 3.8) is 0 Å². The third-order valence-electron chi connectivity index (χ3n) is 9.64. The van der Waals surface area contributed by atoms with Gasteiger partial charge in [0.05, 0.1) is 18.3 Å². The number of halogens is 2. The SMILES string of the molecule is Cc1cc(CNCC2CCC2)cc2c1CN(c1cccc(C3(C(=N)N(C)C=N)CC4(CC(F)(F)C4)C3)c1)C2=O. The Hall–Kier alpha value is -3.13. The fourth-order valence-electron chi connectivity index (χ4n) is 7.50. The lowest BCUT2D eigenvalue weighted by Crippen LogP contribution is -2.64. The monoisotopic (exact) mass is 533 g/mol. The molecule has 206 valence electrons. The number of benzene rings is 2. The minimum Gasteiger partial charge on any atom is -0.324 e. The second-order valence-electron chi connectivity index (χ2n) is 12.5. The van der Waals surface area contributed by atoms with Crippen molar-refractivity contribution in [2.45, 2.75) is 76.3 Å². The molecule has 3 fully saturated rings. The van der Waals surface area contributed by atoms with Crippen LogP contribution in [0.3, 0.4) is 0 Å². The molecule has 8 heteroatoms. The Morgan fingerprint density at radius 1 is 1.18 bits per heavy atom. The Bertz CT molecular complexity index is 1330. The van der Waals surface area contributed by atoms with Crippen LogP contribution >= 0.6 is 0 Å². The van der Waals surface area contributed by atoms with Crippen LogP contribution in [-0.4, -0.2) is 42.5 Å². The minimum absolute atomic E-state index is 0.0319. The van der Waals surface area contributed by atoms with Gasteiger partial charge in [0.15, 0.2) is 0 Å². The summed E-state index contributed by atoms with van der Waals surface area (Å²) >= 11 is 0. The van der Waals surface area contributed by atoms with Crippen LogP contribution in [-0.2, 0) is 18.5 Å². The summed E-state index contributed by atoms with van der Waals surface area (Å²) in [5.74, 6) is -1.64. The first kappa shape index (κ1) is 26.1. The van der Waals surface area contributed by atoms with Crippen LogP contribution in [0.4, 0.5) is 14.5 Å². The van der Waals surface area contributed by atoms with E-state index in [1.54, 1.807) is 11.9 Å². The van der Waals surface area contributed by atoms with Gasteiger partial charge < -0.3 is 15.1 Å².